The van der Waals surface area contributed by atoms with Crippen LogP contribution < -0.4 is 14.9 Å². The number of halogens is 3. The molecule has 0 heterocycles. The molecule has 4 aromatic carbocycles. The Labute approximate surface area is 227 Å². The van der Waals surface area contributed by atoms with Crippen molar-refractivity contribution >= 4 is 51.3 Å². The molecule has 36 heavy (non-hydrogen) atoms. The second kappa shape index (κ2) is 12.6. The van der Waals surface area contributed by atoms with Crippen LogP contribution in [0.1, 0.15) is 27.0 Å². The summed E-state index contributed by atoms with van der Waals surface area (Å²) in [5, 5.41) is 5.18. The molecule has 1 N–H and O–H groups in total. The van der Waals surface area contributed by atoms with Gasteiger partial charge in [-0.2, -0.15) is 5.10 Å². The average molecular weight is 584 g/mol. The first-order valence-corrected chi connectivity index (χ1v) is 12.5. The average Bonchev–Trinajstić information content (AvgIpc) is 2.88. The molecule has 0 unspecified atom stereocenters. The van der Waals surface area contributed by atoms with Crippen LogP contribution in [0.3, 0.4) is 0 Å². The number of hydrazone groups is 1. The number of nitrogens with zero attached hydrogens (tertiary/aromatic N) is 1. The molecular weight excluding hydrogens is 563 g/mol. The van der Waals surface area contributed by atoms with Gasteiger partial charge in [0, 0.05) is 25.6 Å². The summed E-state index contributed by atoms with van der Waals surface area (Å²) in [6, 6.07) is 27.6. The predicted molar refractivity (Wildman–Crippen MR) is 147 cm³/mol. The van der Waals surface area contributed by atoms with Crippen molar-refractivity contribution in [2.45, 2.75) is 13.2 Å². The lowest BCUT2D eigenvalue weighted by Gasteiger charge is -2.12. The van der Waals surface area contributed by atoms with Gasteiger partial charge < -0.3 is 9.47 Å². The topological polar surface area (TPSA) is 59.9 Å². The smallest absolute Gasteiger partial charge is 0.275 e. The SMILES string of the molecule is O=C(N/N=C\c1cc(Br)ccc1OCc1ccccc1)c1ccccc1OCc1ccc(Cl)cc1Cl. The first-order chi connectivity index (χ1) is 17.5. The summed E-state index contributed by atoms with van der Waals surface area (Å²) >= 11 is 15.7. The first-order valence-electron chi connectivity index (χ1n) is 10.9. The van der Waals surface area contributed by atoms with Crippen LogP contribution in [0.15, 0.2) is 101 Å². The van der Waals surface area contributed by atoms with Crippen molar-refractivity contribution in [2.75, 3.05) is 0 Å². The van der Waals surface area contributed by atoms with Crippen LogP contribution in [0, 0.1) is 0 Å². The Kier molecular flexibility index (Phi) is 9.01. The van der Waals surface area contributed by atoms with Gasteiger partial charge in [-0.3, -0.25) is 4.79 Å². The molecule has 0 bridgehead atoms. The third-order valence-electron chi connectivity index (χ3n) is 5.11. The van der Waals surface area contributed by atoms with E-state index in [1.807, 2.05) is 48.5 Å². The minimum atomic E-state index is -0.411. The number of carbonyl (C=O) groups excluding carboxylic acids is 1. The van der Waals surface area contributed by atoms with Crippen LogP contribution in [0.4, 0.5) is 0 Å². The van der Waals surface area contributed by atoms with Crippen molar-refractivity contribution in [1.29, 1.82) is 0 Å². The Hall–Kier alpha value is -3.32. The van der Waals surface area contributed by atoms with Gasteiger partial charge in [0.1, 0.15) is 24.7 Å². The normalized spacial score (nSPS) is 10.9. The summed E-state index contributed by atoms with van der Waals surface area (Å²) in [5.41, 5.74) is 5.42. The standard InChI is InChI=1S/C28H21BrCl2N2O3/c29-22-11-13-26(35-17-19-6-2-1-3-7-19)21(14-22)16-32-33-28(34)24-8-4-5-9-27(24)36-18-20-10-12-23(30)15-25(20)31/h1-16H,17-18H2,(H,33,34)/b32-16-. The van der Waals surface area contributed by atoms with E-state index in [-0.39, 0.29) is 6.61 Å². The number of carbonyl (C=O) groups is 1. The second-order valence-electron chi connectivity index (χ2n) is 7.68. The van der Waals surface area contributed by atoms with Crippen LogP contribution in [0.25, 0.3) is 0 Å². The summed E-state index contributed by atoms with van der Waals surface area (Å²) in [6.45, 7) is 0.599. The Morgan fingerprint density at radius 3 is 2.42 bits per heavy atom. The molecule has 0 fully saturated rings. The molecule has 5 nitrogen and oxygen atoms in total. The number of hydrogen-bond donors (Lipinski definition) is 1. The molecule has 0 saturated carbocycles. The van der Waals surface area contributed by atoms with Crippen LogP contribution in [-0.4, -0.2) is 12.1 Å². The Morgan fingerprint density at radius 1 is 0.861 bits per heavy atom. The highest BCUT2D eigenvalue weighted by Gasteiger charge is 2.13. The Morgan fingerprint density at radius 2 is 1.61 bits per heavy atom. The first kappa shape index (κ1) is 25.8. The second-order valence-corrected chi connectivity index (χ2v) is 9.44. The summed E-state index contributed by atoms with van der Waals surface area (Å²) in [6.07, 6.45) is 1.54. The lowest BCUT2D eigenvalue weighted by Crippen LogP contribution is -2.18. The van der Waals surface area contributed by atoms with Crippen molar-refractivity contribution in [3.05, 3.63) is 128 Å². The van der Waals surface area contributed by atoms with E-state index in [4.69, 9.17) is 32.7 Å². The zero-order chi connectivity index (χ0) is 25.3. The van der Waals surface area contributed by atoms with Crippen LogP contribution in [-0.2, 0) is 13.2 Å². The highest BCUT2D eigenvalue weighted by molar-refractivity contribution is 9.10. The van der Waals surface area contributed by atoms with E-state index in [1.54, 1.807) is 48.7 Å². The number of hydrogen-bond acceptors (Lipinski definition) is 4. The monoisotopic (exact) mass is 582 g/mol. The molecule has 0 aliphatic rings. The van der Waals surface area contributed by atoms with E-state index in [1.165, 1.54) is 0 Å². The van der Waals surface area contributed by atoms with Crippen molar-refractivity contribution in [2.24, 2.45) is 5.10 Å². The van der Waals surface area contributed by atoms with E-state index < -0.39 is 5.91 Å². The van der Waals surface area contributed by atoms with E-state index in [0.717, 1.165) is 15.6 Å². The highest BCUT2D eigenvalue weighted by Crippen LogP contribution is 2.25. The largest absolute Gasteiger partial charge is 0.488 e. The van der Waals surface area contributed by atoms with Gasteiger partial charge in [0.25, 0.3) is 5.91 Å². The van der Waals surface area contributed by atoms with Gasteiger partial charge in [0.05, 0.1) is 11.8 Å². The van der Waals surface area contributed by atoms with Crippen molar-refractivity contribution in [3.8, 4) is 11.5 Å². The number of rotatable bonds is 9. The molecule has 0 atom stereocenters. The molecule has 4 rings (SSSR count). The number of benzene rings is 4. The van der Waals surface area contributed by atoms with Gasteiger partial charge in [-0.15, -0.1) is 0 Å². The van der Waals surface area contributed by atoms with Gasteiger partial charge in [-0.05, 0) is 48.0 Å². The maximum atomic E-state index is 12.9. The Balaban J connectivity index is 1.42. The summed E-state index contributed by atoms with van der Waals surface area (Å²) in [7, 11) is 0. The van der Waals surface area contributed by atoms with Crippen molar-refractivity contribution in [3.63, 3.8) is 0 Å². The molecule has 4 aromatic rings. The van der Waals surface area contributed by atoms with Crippen LogP contribution in [0.2, 0.25) is 10.0 Å². The fourth-order valence-electron chi connectivity index (χ4n) is 3.28. The Bertz CT molecular complexity index is 1380. The maximum Gasteiger partial charge on any atom is 0.275 e. The number of nitrogens with one attached hydrogen (secondary N) is 1. The fourth-order valence-corrected chi connectivity index (χ4v) is 4.12. The lowest BCUT2D eigenvalue weighted by molar-refractivity contribution is 0.0950. The third-order valence-corrected chi connectivity index (χ3v) is 6.19. The molecule has 1 amide bonds. The van der Waals surface area contributed by atoms with Crippen molar-refractivity contribution in [1.82, 2.24) is 5.43 Å². The van der Waals surface area contributed by atoms with E-state index in [9.17, 15) is 4.79 Å². The molecule has 0 saturated heterocycles. The molecule has 0 aliphatic carbocycles. The van der Waals surface area contributed by atoms with E-state index in [2.05, 4.69) is 26.5 Å². The maximum absolute atomic E-state index is 12.9. The summed E-state index contributed by atoms with van der Waals surface area (Å²) in [4.78, 5) is 12.9. The third kappa shape index (κ3) is 7.10. The molecule has 8 heteroatoms. The zero-order valence-electron chi connectivity index (χ0n) is 19.0. The lowest BCUT2D eigenvalue weighted by atomic mass is 10.2. The number of ether oxygens (including phenoxy) is 2. The number of amides is 1. The van der Waals surface area contributed by atoms with Gasteiger partial charge in [-0.1, -0.05) is 87.7 Å². The molecule has 0 aromatic heterocycles. The molecule has 0 spiro atoms. The van der Waals surface area contributed by atoms with E-state index in [0.29, 0.717) is 39.3 Å². The number of para-hydroxylation sites is 1. The van der Waals surface area contributed by atoms with Gasteiger partial charge >= 0.3 is 0 Å². The summed E-state index contributed by atoms with van der Waals surface area (Å²) < 4.78 is 12.7. The minimum absolute atomic E-state index is 0.184. The van der Waals surface area contributed by atoms with E-state index >= 15 is 0 Å². The highest BCUT2D eigenvalue weighted by atomic mass is 79.9. The minimum Gasteiger partial charge on any atom is -0.488 e. The molecule has 182 valence electrons. The van der Waals surface area contributed by atoms with Crippen LogP contribution >= 0.6 is 39.1 Å². The zero-order valence-corrected chi connectivity index (χ0v) is 22.1. The van der Waals surface area contributed by atoms with Gasteiger partial charge in [0.15, 0.2) is 0 Å². The van der Waals surface area contributed by atoms with Gasteiger partial charge in [0.2, 0.25) is 0 Å². The summed E-state index contributed by atoms with van der Waals surface area (Å²) in [5.74, 6) is 0.639. The molecule has 0 radical (unpaired) electrons. The van der Waals surface area contributed by atoms with Crippen LogP contribution in [0.5, 0.6) is 11.5 Å². The predicted octanol–water partition coefficient (Wildman–Crippen LogP) is 7.68. The molecule has 0 aliphatic heterocycles. The van der Waals surface area contributed by atoms with Gasteiger partial charge in [-0.25, -0.2) is 5.43 Å². The van der Waals surface area contributed by atoms with Crippen molar-refractivity contribution < 1.29 is 14.3 Å². The quantitative estimate of drug-likeness (QED) is 0.162. The fraction of sp³-hybridized carbons (Fsp3) is 0.0714. The molecular formula is C28H21BrCl2N2O3.